The number of aliphatic imine (C=N–C) groups is 1. The molecule has 2 aliphatic rings. The summed E-state index contributed by atoms with van der Waals surface area (Å²) in [5, 5.41) is 2.27. The molecule has 1 atom stereocenters. The molecule has 4 amide bonds. The number of hydrogen-bond donors (Lipinski definition) is 1. The van der Waals surface area contributed by atoms with Crippen LogP contribution in [0.3, 0.4) is 0 Å². The van der Waals surface area contributed by atoms with Gasteiger partial charge < -0.3 is 0 Å². The first kappa shape index (κ1) is 18.2. The lowest BCUT2D eigenvalue weighted by Gasteiger charge is -2.34. The van der Waals surface area contributed by atoms with Crippen LogP contribution in [0.1, 0.15) is 44.1 Å². The van der Waals surface area contributed by atoms with E-state index < -0.39 is 23.8 Å². The topological polar surface area (TPSA) is 78.8 Å². The van der Waals surface area contributed by atoms with E-state index in [1.807, 2.05) is 0 Å². The van der Waals surface area contributed by atoms with Crippen molar-refractivity contribution >= 4 is 24.1 Å². The smallest absolute Gasteiger partial charge is 0.291 e. The Balaban J connectivity index is 1.70. The predicted octanol–water partition coefficient (Wildman–Crippen LogP) is 2.81. The second-order valence-electron chi connectivity index (χ2n) is 6.74. The van der Waals surface area contributed by atoms with E-state index in [4.69, 9.17) is 0 Å². The fourth-order valence-electron chi connectivity index (χ4n) is 3.45. The lowest BCUT2D eigenvalue weighted by molar-refractivity contribution is -0.140. The summed E-state index contributed by atoms with van der Waals surface area (Å²) in [7, 11) is 0. The SMILES string of the molecule is O=C1NC(=O)N(C2CCCCCC2)C(=O)C1C=NCc1ccc(F)cc1. The third-order valence-corrected chi connectivity index (χ3v) is 4.87. The number of imide groups is 2. The summed E-state index contributed by atoms with van der Waals surface area (Å²) in [6, 6.07) is 5.06. The zero-order valence-electron chi connectivity index (χ0n) is 14.5. The monoisotopic (exact) mass is 359 g/mol. The summed E-state index contributed by atoms with van der Waals surface area (Å²) in [5.41, 5.74) is 0.767. The number of nitrogens with zero attached hydrogens (tertiary/aromatic N) is 2. The number of halogens is 1. The average Bonchev–Trinajstić information content (AvgIpc) is 2.88. The van der Waals surface area contributed by atoms with Gasteiger partial charge in [0.1, 0.15) is 5.82 Å². The molecule has 1 aromatic carbocycles. The number of carbonyl (C=O) groups excluding carboxylic acids is 3. The quantitative estimate of drug-likeness (QED) is 0.510. The zero-order chi connectivity index (χ0) is 18.5. The van der Waals surface area contributed by atoms with Gasteiger partial charge in [0.15, 0.2) is 5.92 Å². The van der Waals surface area contributed by atoms with Crippen LogP contribution in [0.2, 0.25) is 0 Å². The van der Waals surface area contributed by atoms with Crippen molar-refractivity contribution in [2.75, 3.05) is 0 Å². The van der Waals surface area contributed by atoms with Crippen LogP contribution in [-0.2, 0) is 16.1 Å². The molecule has 0 spiro atoms. The Kier molecular flexibility index (Phi) is 5.75. The first-order valence-corrected chi connectivity index (χ1v) is 8.98. The number of amides is 4. The van der Waals surface area contributed by atoms with Gasteiger partial charge in [-0.05, 0) is 30.5 Å². The van der Waals surface area contributed by atoms with Gasteiger partial charge in [0.25, 0.3) is 0 Å². The summed E-state index contributed by atoms with van der Waals surface area (Å²) in [5.74, 6) is -2.59. The molecule has 0 aromatic heterocycles. The molecule has 6 nitrogen and oxygen atoms in total. The van der Waals surface area contributed by atoms with Crippen molar-refractivity contribution in [3.8, 4) is 0 Å². The lowest BCUT2D eigenvalue weighted by Crippen LogP contribution is -2.61. The van der Waals surface area contributed by atoms with E-state index in [2.05, 4.69) is 10.3 Å². The molecule has 1 unspecified atom stereocenters. The van der Waals surface area contributed by atoms with Crippen LogP contribution < -0.4 is 5.32 Å². The summed E-state index contributed by atoms with van der Waals surface area (Å²) in [6.07, 6.45) is 6.97. The molecule has 26 heavy (non-hydrogen) atoms. The normalized spacial score (nSPS) is 22.6. The van der Waals surface area contributed by atoms with Gasteiger partial charge in [-0.15, -0.1) is 0 Å². The summed E-state index contributed by atoms with van der Waals surface area (Å²) >= 11 is 0. The van der Waals surface area contributed by atoms with Crippen molar-refractivity contribution < 1.29 is 18.8 Å². The maximum Gasteiger partial charge on any atom is 0.331 e. The number of hydrogen-bond acceptors (Lipinski definition) is 4. The largest absolute Gasteiger partial charge is 0.331 e. The fraction of sp³-hybridized carbons (Fsp3) is 0.474. The Morgan fingerprint density at radius 2 is 1.73 bits per heavy atom. The number of rotatable bonds is 4. The molecule has 0 radical (unpaired) electrons. The highest BCUT2D eigenvalue weighted by molar-refractivity contribution is 6.23. The van der Waals surface area contributed by atoms with E-state index in [9.17, 15) is 18.8 Å². The van der Waals surface area contributed by atoms with Crippen molar-refractivity contribution in [1.82, 2.24) is 10.2 Å². The zero-order valence-corrected chi connectivity index (χ0v) is 14.5. The van der Waals surface area contributed by atoms with Crippen molar-refractivity contribution in [3.63, 3.8) is 0 Å². The summed E-state index contributed by atoms with van der Waals surface area (Å²) < 4.78 is 12.9. The third kappa shape index (κ3) is 4.15. The van der Waals surface area contributed by atoms with Crippen LogP contribution in [0.4, 0.5) is 9.18 Å². The summed E-state index contributed by atoms with van der Waals surface area (Å²) in [4.78, 5) is 42.4. The van der Waals surface area contributed by atoms with Gasteiger partial charge in [0, 0.05) is 12.3 Å². The fourth-order valence-corrected chi connectivity index (χ4v) is 3.45. The number of carbonyl (C=O) groups is 3. The molecule has 3 rings (SSSR count). The van der Waals surface area contributed by atoms with Crippen molar-refractivity contribution in [2.45, 2.75) is 51.1 Å². The molecule has 1 aliphatic carbocycles. The molecule has 2 fully saturated rings. The number of barbiturate groups is 1. The standard InChI is InChI=1S/C19H22FN3O3/c20-14-9-7-13(8-10-14)11-21-12-16-17(24)22-19(26)23(18(16)25)15-5-3-1-2-4-6-15/h7-10,12,15-16H,1-6,11H2,(H,22,24,26). The van der Waals surface area contributed by atoms with Gasteiger partial charge in [-0.25, -0.2) is 9.18 Å². The number of urea groups is 1. The van der Waals surface area contributed by atoms with Gasteiger partial charge in [-0.1, -0.05) is 37.8 Å². The van der Waals surface area contributed by atoms with Crippen LogP contribution >= 0.6 is 0 Å². The van der Waals surface area contributed by atoms with E-state index in [0.29, 0.717) is 0 Å². The maximum atomic E-state index is 12.9. The second kappa shape index (κ2) is 8.21. The Hall–Kier alpha value is -2.57. The lowest BCUT2D eigenvalue weighted by atomic mass is 10.0. The van der Waals surface area contributed by atoms with E-state index in [1.165, 1.54) is 23.2 Å². The highest BCUT2D eigenvalue weighted by Gasteiger charge is 2.42. The van der Waals surface area contributed by atoms with Gasteiger partial charge in [-0.2, -0.15) is 0 Å². The highest BCUT2D eigenvalue weighted by atomic mass is 19.1. The first-order chi connectivity index (χ1) is 12.6. The maximum absolute atomic E-state index is 12.9. The minimum absolute atomic E-state index is 0.161. The minimum Gasteiger partial charge on any atom is -0.291 e. The number of benzene rings is 1. The van der Waals surface area contributed by atoms with Crippen molar-refractivity contribution in [1.29, 1.82) is 0 Å². The van der Waals surface area contributed by atoms with Crippen LogP contribution in [0.25, 0.3) is 0 Å². The minimum atomic E-state index is -1.10. The molecule has 1 N–H and O–H groups in total. The van der Waals surface area contributed by atoms with Crippen LogP contribution in [-0.4, -0.2) is 35.0 Å². The van der Waals surface area contributed by atoms with Crippen LogP contribution in [0, 0.1) is 11.7 Å². The van der Waals surface area contributed by atoms with E-state index >= 15 is 0 Å². The average molecular weight is 359 g/mol. The van der Waals surface area contributed by atoms with Gasteiger partial charge in [0.05, 0.1) is 6.54 Å². The van der Waals surface area contributed by atoms with E-state index in [-0.39, 0.29) is 18.4 Å². The molecule has 7 heteroatoms. The van der Waals surface area contributed by atoms with Crippen molar-refractivity contribution in [2.24, 2.45) is 10.9 Å². The Bertz CT molecular complexity index is 709. The van der Waals surface area contributed by atoms with E-state index in [0.717, 1.165) is 44.1 Å². The molecule has 1 aromatic rings. The van der Waals surface area contributed by atoms with Gasteiger partial charge >= 0.3 is 6.03 Å². The van der Waals surface area contributed by atoms with Crippen LogP contribution in [0.5, 0.6) is 0 Å². The molecular weight excluding hydrogens is 337 g/mol. The van der Waals surface area contributed by atoms with E-state index in [1.54, 1.807) is 12.1 Å². The highest BCUT2D eigenvalue weighted by Crippen LogP contribution is 2.25. The molecule has 1 saturated carbocycles. The molecule has 138 valence electrons. The van der Waals surface area contributed by atoms with Gasteiger partial charge in [-0.3, -0.25) is 24.8 Å². The van der Waals surface area contributed by atoms with Crippen molar-refractivity contribution in [3.05, 3.63) is 35.6 Å². The Morgan fingerprint density at radius 3 is 2.38 bits per heavy atom. The molecule has 1 heterocycles. The first-order valence-electron chi connectivity index (χ1n) is 8.98. The summed E-state index contributed by atoms with van der Waals surface area (Å²) in [6.45, 7) is 0.231. The number of nitrogens with one attached hydrogen (secondary N) is 1. The second-order valence-corrected chi connectivity index (χ2v) is 6.74. The predicted molar refractivity (Wildman–Crippen MR) is 94.0 cm³/mol. The Morgan fingerprint density at radius 1 is 1.08 bits per heavy atom. The van der Waals surface area contributed by atoms with Gasteiger partial charge in [0.2, 0.25) is 11.8 Å². The third-order valence-electron chi connectivity index (χ3n) is 4.87. The molecule has 1 saturated heterocycles. The molecular formula is C19H22FN3O3. The molecule has 1 aliphatic heterocycles. The molecule has 0 bridgehead atoms. The Labute approximate surface area is 151 Å². The van der Waals surface area contributed by atoms with Crippen LogP contribution in [0.15, 0.2) is 29.3 Å².